The van der Waals surface area contributed by atoms with Gasteiger partial charge in [-0.3, -0.25) is 0 Å². The summed E-state index contributed by atoms with van der Waals surface area (Å²) in [6.07, 6.45) is 0.828. The first-order valence-electron chi connectivity index (χ1n) is 5.82. The molecule has 1 aromatic carbocycles. The van der Waals surface area contributed by atoms with Gasteiger partial charge in [0.15, 0.2) is 11.6 Å². The van der Waals surface area contributed by atoms with Crippen LogP contribution in [0.3, 0.4) is 0 Å². The highest BCUT2D eigenvalue weighted by Gasteiger charge is 2.08. The third kappa shape index (κ3) is 2.47. The van der Waals surface area contributed by atoms with Crippen molar-refractivity contribution in [2.45, 2.75) is 20.3 Å². The van der Waals surface area contributed by atoms with Crippen LogP contribution in [-0.4, -0.2) is 17.1 Å². The van der Waals surface area contributed by atoms with Crippen LogP contribution >= 0.6 is 0 Å². The highest BCUT2D eigenvalue weighted by molar-refractivity contribution is 5.60. The number of ether oxygens (including phenoxy) is 1. The Balaban J connectivity index is 2.48. The number of aryl methyl sites for hydroxylation is 2. The Morgan fingerprint density at radius 1 is 1.22 bits per heavy atom. The zero-order valence-electron chi connectivity index (χ0n) is 10.7. The number of rotatable bonds is 3. The molecule has 18 heavy (non-hydrogen) atoms. The van der Waals surface area contributed by atoms with Gasteiger partial charge in [0.1, 0.15) is 5.82 Å². The van der Waals surface area contributed by atoms with E-state index in [-0.39, 0.29) is 11.6 Å². The molecule has 2 rings (SSSR count). The SMILES string of the molecule is CCc1cc(-c2ccc(OC)c(F)c2)nc(C)n1. The van der Waals surface area contributed by atoms with Gasteiger partial charge < -0.3 is 4.74 Å². The highest BCUT2D eigenvalue weighted by atomic mass is 19.1. The first kappa shape index (κ1) is 12.5. The summed E-state index contributed by atoms with van der Waals surface area (Å²) in [5.41, 5.74) is 2.42. The third-order valence-corrected chi connectivity index (χ3v) is 2.70. The summed E-state index contributed by atoms with van der Waals surface area (Å²) in [4.78, 5) is 8.63. The second-order valence-electron chi connectivity index (χ2n) is 3.99. The molecule has 0 N–H and O–H groups in total. The lowest BCUT2D eigenvalue weighted by molar-refractivity contribution is 0.386. The Morgan fingerprint density at radius 2 is 2.00 bits per heavy atom. The number of nitrogens with zero attached hydrogens (tertiary/aromatic N) is 2. The van der Waals surface area contributed by atoms with Gasteiger partial charge in [-0.15, -0.1) is 0 Å². The van der Waals surface area contributed by atoms with Gasteiger partial charge in [0, 0.05) is 11.3 Å². The summed E-state index contributed by atoms with van der Waals surface area (Å²) in [6.45, 7) is 3.86. The van der Waals surface area contributed by atoms with Gasteiger partial charge in [-0.2, -0.15) is 0 Å². The second kappa shape index (κ2) is 5.12. The van der Waals surface area contributed by atoms with E-state index >= 15 is 0 Å². The minimum absolute atomic E-state index is 0.236. The van der Waals surface area contributed by atoms with Crippen LogP contribution < -0.4 is 4.74 Å². The van der Waals surface area contributed by atoms with Crippen molar-refractivity contribution in [1.29, 1.82) is 0 Å². The number of hydrogen-bond acceptors (Lipinski definition) is 3. The summed E-state index contributed by atoms with van der Waals surface area (Å²) in [6, 6.07) is 6.71. The molecule has 1 aromatic heterocycles. The number of hydrogen-bond donors (Lipinski definition) is 0. The molecule has 1 heterocycles. The number of halogens is 1. The highest BCUT2D eigenvalue weighted by Crippen LogP contribution is 2.24. The molecule has 0 spiro atoms. The van der Waals surface area contributed by atoms with Crippen molar-refractivity contribution in [2.24, 2.45) is 0 Å². The van der Waals surface area contributed by atoms with Gasteiger partial charge in [-0.1, -0.05) is 6.92 Å². The van der Waals surface area contributed by atoms with Crippen LogP contribution in [0.5, 0.6) is 5.75 Å². The maximum absolute atomic E-state index is 13.7. The molecule has 0 aliphatic carbocycles. The Bertz CT molecular complexity index is 570. The van der Waals surface area contributed by atoms with E-state index in [9.17, 15) is 4.39 Å². The molecule has 0 aliphatic heterocycles. The summed E-state index contributed by atoms with van der Waals surface area (Å²) in [7, 11) is 1.45. The molecule has 4 heteroatoms. The number of benzene rings is 1. The lowest BCUT2D eigenvalue weighted by Crippen LogP contribution is -1.97. The fourth-order valence-electron chi connectivity index (χ4n) is 1.78. The van der Waals surface area contributed by atoms with E-state index in [1.165, 1.54) is 13.2 Å². The van der Waals surface area contributed by atoms with Crippen molar-refractivity contribution in [3.05, 3.63) is 41.6 Å². The van der Waals surface area contributed by atoms with E-state index in [1.54, 1.807) is 12.1 Å². The van der Waals surface area contributed by atoms with E-state index in [4.69, 9.17) is 4.74 Å². The van der Waals surface area contributed by atoms with Gasteiger partial charge >= 0.3 is 0 Å². The lowest BCUT2D eigenvalue weighted by Gasteiger charge is -2.07. The smallest absolute Gasteiger partial charge is 0.165 e. The quantitative estimate of drug-likeness (QED) is 0.834. The predicted octanol–water partition coefficient (Wildman–Crippen LogP) is 3.16. The molecule has 0 saturated carbocycles. The Hall–Kier alpha value is -1.97. The molecule has 0 radical (unpaired) electrons. The van der Waals surface area contributed by atoms with E-state index in [0.29, 0.717) is 5.82 Å². The maximum Gasteiger partial charge on any atom is 0.165 e. The van der Waals surface area contributed by atoms with E-state index in [0.717, 1.165) is 23.4 Å². The van der Waals surface area contributed by atoms with Crippen molar-refractivity contribution in [2.75, 3.05) is 7.11 Å². The first-order valence-corrected chi connectivity index (χ1v) is 5.82. The minimum atomic E-state index is -0.385. The van der Waals surface area contributed by atoms with Crippen LogP contribution in [-0.2, 0) is 6.42 Å². The minimum Gasteiger partial charge on any atom is -0.494 e. The fourth-order valence-corrected chi connectivity index (χ4v) is 1.78. The standard InChI is InChI=1S/C14H15FN2O/c1-4-11-8-13(17-9(2)16-11)10-5-6-14(18-3)12(15)7-10/h5-8H,4H2,1-3H3. The van der Waals surface area contributed by atoms with Gasteiger partial charge in [0.2, 0.25) is 0 Å². The topological polar surface area (TPSA) is 35.0 Å². The Kier molecular flexibility index (Phi) is 3.55. The Morgan fingerprint density at radius 3 is 2.61 bits per heavy atom. The van der Waals surface area contributed by atoms with Crippen molar-refractivity contribution < 1.29 is 9.13 Å². The van der Waals surface area contributed by atoms with Gasteiger partial charge in [-0.05, 0) is 37.6 Å². The first-order chi connectivity index (χ1) is 8.63. The third-order valence-electron chi connectivity index (χ3n) is 2.70. The van der Waals surface area contributed by atoms with E-state index in [1.807, 2.05) is 19.9 Å². The Labute approximate surface area is 106 Å². The van der Waals surface area contributed by atoms with Crippen molar-refractivity contribution in [3.8, 4) is 17.0 Å². The molecule has 0 saturated heterocycles. The zero-order valence-corrected chi connectivity index (χ0v) is 10.7. The monoisotopic (exact) mass is 246 g/mol. The van der Waals surface area contributed by atoms with Crippen LogP contribution in [0.1, 0.15) is 18.4 Å². The molecule has 0 amide bonds. The van der Waals surface area contributed by atoms with E-state index < -0.39 is 0 Å². The molecule has 0 aliphatic rings. The summed E-state index contributed by atoms with van der Waals surface area (Å²) in [5.74, 6) is 0.546. The zero-order chi connectivity index (χ0) is 13.1. The molecular weight excluding hydrogens is 231 g/mol. The second-order valence-corrected chi connectivity index (χ2v) is 3.99. The molecule has 0 bridgehead atoms. The van der Waals surface area contributed by atoms with Crippen molar-refractivity contribution in [3.63, 3.8) is 0 Å². The van der Waals surface area contributed by atoms with E-state index in [2.05, 4.69) is 9.97 Å². The summed E-state index contributed by atoms with van der Waals surface area (Å²) < 4.78 is 18.5. The fraction of sp³-hybridized carbons (Fsp3) is 0.286. The van der Waals surface area contributed by atoms with Gasteiger partial charge in [0.25, 0.3) is 0 Å². The van der Waals surface area contributed by atoms with Crippen molar-refractivity contribution in [1.82, 2.24) is 9.97 Å². The molecule has 0 unspecified atom stereocenters. The lowest BCUT2D eigenvalue weighted by atomic mass is 10.1. The molecule has 2 aromatic rings. The number of aromatic nitrogens is 2. The van der Waals surface area contributed by atoms with Crippen LogP contribution in [0.15, 0.2) is 24.3 Å². The average molecular weight is 246 g/mol. The summed E-state index contributed by atoms with van der Waals surface area (Å²) >= 11 is 0. The normalized spacial score (nSPS) is 10.4. The molecule has 94 valence electrons. The largest absolute Gasteiger partial charge is 0.494 e. The average Bonchev–Trinajstić information content (AvgIpc) is 2.37. The predicted molar refractivity (Wildman–Crippen MR) is 68.1 cm³/mol. The van der Waals surface area contributed by atoms with Gasteiger partial charge in [-0.25, -0.2) is 14.4 Å². The molecule has 0 atom stereocenters. The van der Waals surface area contributed by atoms with Crippen LogP contribution in [0.25, 0.3) is 11.3 Å². The molecule has 0 fully saturated rings. The number of methoxy groups -OCH3 is 1. The summed E-state index contributed by atoms with van der Waals surface area (Å²) in [5, 5.41) is 0. The molecular formula is C14H15FN2O. The van der Waals surface area contributed by atoms with Gasteiger partial charge in [0.05, 0.1) is 12.8 Å². The molecule has 3 nitrogen and oxygen atoms in total. The maximum atomic E-state index is 13.7. The van der Waals surface area contributed by atoms with Crippen LogP contribution in [0, 0.1) is 12.7 Å². The van der Waals surface area contributed by atoms with Crippen LogP contribution in [0.4, 0.5) is 4.39 Å². The van der Waals surface area contributed by atoms with Crippen LogP contribution in [0.2, 0.25) is 0 Å². The van der Waals surface area contributed by atoms with Crippen molar-refractivity contribution >= 4 is 0 Å².